The van der Waals surface area contributed by atoms with Crippen LogP contribution in [0, 0.1) is 5.41 Å². The summed E-state index contributed by atoms with van der Waals surface area (Å²) in [7, 11) is -3.29. The van der Waals surface area contributed by atoms with Gasteiger partial charge in [0.25, 0.3) is 0 Å². The van der Waals surface area contributed by atoms with Crippen LogP contribution in [0.25, 0.3) is 0 Å². The number of benzene rings is 1. The number of rotatable bonds is 4. The fourth-order valence-electron chi connectivity index (χ4n) is 1.80. The van der Waals surface area contributed by atoms with Gasteiger partial charge in [0.05, 0.1) is 5.75 Å². The minimum Gasteiger partial charge on any atom is -0.398 e. The molecule has 2 rings (SSSR count). The highest BCUT2D eigenvalue weighted by Gasteiger charge is 2.47. The van der Waals surface area contributed by atoms with E-state index in [-0.39, 0.29) is 17.2 Å². The van der Waals surface area contributed by atoms with E-state index in [1.165, 1.54) is 0 Å². The maximum Gasteiger partial charge on any atom is 0.216 e. The lowest BCUT2D eigenvalue weighted by Gasteiger charge is -2.09. The summed E-state index contributed by atoms with van der Waals surface area (Å²) in [5.41, 5.74) is 7.00. The number of nitrogen functional groups attached to an aromatic ring is 1. The van der Waals surface area contributed by atoms with E-state index in [4.69, 9.17) is 5.73 Å². The third-order valence-corrected chi connectivity index (χ3v) is 4.57. The first-order chi connectivity index (χ1) is 7.80. The zero-order chi connectivity index (χ0) is 12.7. The summed E-state index contributed by atoms with van der Waals surface area (Å²) in [6.07, 6.45) is 0.899. The quantitative estimate of drug-likeness (QED) is 0.800. The number of para-hydroxylation sites is 1. The molecule has 0 heterocycles. The Morgan fingerprint density at radius 1 is 1.41 bits per heavy atom. The van der Waals surface area contributed by atoms with E-state index in [2.05, 4.69) is 18.6 Å². The molecule has 0 radical (unpaired) electrons. The lowest BCUT2D eigenvalue weighted by Crippen LogP contribution is -2.29. The summed E-state index contributed by atoms with van der Waals surface area (Å²) in [5, 5.41) is 0. The summed E-state index contributed by atoms with van der Waals surface area (Å²) in [4.78, 5) is 0. The number of hydrogen-bond donors (Lipinski definition) is 2. The van der Waals surface area contributed by atoms with Gasteiger partial charge < -0.3 is 5.73 Å². The molecule has 0 aromatic heterocycles. The molecule has 1 aliphatic carbocycles. The maximum atomic E-state index is 11.9. The van der Waals surface area contributed by atoms with Gasteiger partial charge in [-0.2, -0.15) is 0 Å². The van der Waals surface area contributed by atoms with Crippen molar-refractivity contribution >= 4 is 15.7 Å². The van der Waals surface area contributed by atoms with Crippen molar-refractivity contribution in [2.45, 2.75) is 32.1 Å². The molecule has 0 saturated heterocycles. The standard InChI is InChI=1S/C12H18N2O2S/c1-12(2)7-11(12)14-17(15,16)8-9-5-3-4-6-10(9)13/h3-6,11,14H,7-8,13H2,1-2H3. The summed E-state index contributed by atoms with van der Waals surface area (Å²) < 4.78 is 26.6. The fraction of sp³-hybridized carbons (Fsp3) is 0.500. The van der Waals surface area contributed by atoms with Crippen molar-refractivity contribution in [2.24, 2.45) is 5.41 Å². The normalized spacial score (nSPS) is 22.4. The molecule has 0 bridgehead atoms. The first kappa shape index (κ1) is 12.4. The average molecular weight is 254 g/mol. The van der Waals surface area contributed by atoms with Gasteiger partial charge in [0.1, 0.15) is 0 Å². The molecule has 1 saturated carbocycles. The molecule has 5 heteroatoms. The predicted molar refractivity (Wildman–Crippen MR) is 68.8 cm³/mol. The van der Waals surface area contributed by atoms with E-state index in [1.54, 1.807) is 24.3 Å². The number of nitrogens with one attached hydrogen (secondary N) is 1. The minimum atomic E-state index is -3.29. The lowest BCUT2D eigenvalue weighted by atomic mass is 10.2. The molecular formula is C12H18N2O2S. The molecule has 0 spiro atoms. The van der Waals surface area contributed by atoms with E-state index in [0.29, 0.717) is 11.3 Å². The Morgan fingerprint density at radius 2 is 2.00 bits per heavy atom. The van der Waals surface area contributed by atoms with Crippen LogP contribution < -0.4 is 10.5 Å². The second-order valence-corrected chi connectivity index (χ2v) is 7.07. The van der Waals surface area contributed by atoms with Gasteiger partial charge in [0.2, 0.25) is 10.0 Å². The zero-order valence-corrected chi connectivity index (χ0v) is 10.9. The number of sulfonamides is 1. The first-order valence-corrected chi connectivity index (χ1v) is 7.29. The Bertz CT molecular complexity index is 523. The van der Waals surface area contributed by atoms with Crippen LogP contribution >= 0.6 is 0 Å². The molecular weight excluding hydrogens is 236 g/mol. The monoisotopic (exact) mass is 254 g/mol. The zero-order valence-electron chi connectivity index (χ0n) is 10.1. The van der Waals surface area contributed by atoms with Crippen LogP contribution in [0.2, 0.25) is 0 Å². The third-order valence-electron chi connectivity index (χ3n) is 3.24. The van der Waals surface area contributed by atoms with Crippen LogP contribution in [0.15, 0.2) is 24.3 Å². The molecule has 1 fully saturated rings. The van der Waals surface area contributed by atoms with E-state index in [9.17, 15) is 8.42 Å². The van der Waals surface area contributed by atoms with E-state index in [0.717, 1.165) is 6.42 Å². The van der Waals surface area contributed by atoms with E-state index in [1.807, 2.05) is 0 Å². The van der Waals surface area contributed by atoms with Crippen LogP contribution in [0.1, 0.15) is 25.8 Å². The van der Waals surface area contributed by atoms with Gasteiger partial charge in [0, 0.05) is 11.7 Å². The average Bonchev–Trinajstić information content (AvgIpc) is 2.76. The fourth-order valence-corrected chi connectivity index (χ4v) is 3.39. The van der Waals surface area contributed by atoms with Gasteiger partial charge >= 0.3 is 0 Å². The number of nitrogens with two attached hydrogens (primary N) is 1. The van der Waals surface area contributed by atoms with Gasteiger partial charge in [0.15, 0.2) is 0 Å². The van der Waals surface area contributed by atoms with Crippen LogP contribution in [0.3, 0.4) is 0 Å². The van der Waals surface area contributed by atoms with Crippen molar-refractivity contribution in [1.82, 2.24) is 4.72 Å². The Morgan fingerprint density at radius 3 is 2.53 bits per heavy atom. The molecule has 0 amide bonds. The Balaban J connectivity index is 2.06. The molecule has 1 aromatic carbocycles. The molecule has 17 heavy (non-hydrogen) atoms. The van der Waals surface area contributed by atoms with Gasteiger partial charge in [-0.15, -0.1) is 0 Å². The highest BCUT2D eigenvalue weighted by molar-refractivity contribution is 7.88. The smallest absolute Gasteiger partial charge is 0.216 e. The summed E-state index contributed by atoms with van der Waals surface area (Å²) in [6, 6.07) is 7.11. The minimum absolute atomic E-state index is 0.0494. The number of hydrogen-bond acceptors (Lipinski definition) is 3. The van der Waals surface area contributed by atoms with Gasteiger partial charge in [-0.1, -0.05) is 32.0 Å². The van der Waals surface area contributed by atoms with E-state index >= 15 is 0 Å². The molecule has 1 atom stereocenters. The van der Waals surface area contributed by atoms with E-state index < -0.39 is 10.0 Å². The van der Waals surface area contributed by atoms with Crippen molar-refractivity contribution in [3.05, 3.63) is 29.8 Å². The maximum absolute atomic E-state index is 11.9. The van der Waals surface area contributed by atoms with Crippen molar-refractivity contribution in [3.63, 3.8) is 0 Å². The second kappa shape index (κ2) is 3.99. The first-order valence-electron chi connectivity index (χ1n) is 5.63. The van der Waals surface area contributed by atoms with Crippen molar-refractivity contribution < 1.29 is 8.42 Å². The third kappa shape index (κ3) is 2.98. The lowest BCUT2D eigenvalue weighted by molar-refractivity contribution is 0.554. The van der Waals surface area contributed by atoms with Gasteiger partial charge in [-0.25, -0.2) is 13.1 Å². The largest absolute Gasteiger partial charge is 0.398 e. The van der Waals surface area contributed by atoms with Gasteiger partial charge in [-0.05, 0) is 23.5 Å². The number of anilines is 1. The molecule has 1 unspecified atom stereocenters. The Labute approximate surface area is 102 Å². The van der Waals surface area contributed by atoms with Crippen LogP contribution in [0.4, 0.5) is 5.69 Å². The van der Waals surface area contributed by atoms with Crippen molar-refractivity contribution in [1.29, 1.82) is 0 Å². The Hall–Kier alpha value is -1.07. The van der Waals surface area contributed by atoms with Gasteiger partial charge in [-0.3, -0.25) is 0 Å². The molecule has 94 valence electrons. The highest BCUT2D eigenvalue weighted by Crippen LogP contribution is 2.45. The summed E-state index contributed by atoms with van der Waals surface area (Å²) in [6.45, 7) is 4.11. The van der Waals surface area contributed by atoms with Crippen LogP contribution in [0.5, 0.6) is 0 Å². The SMILES string of the molecule is CC1(C)CC1NS(=O)(=O)Cc1ccccc1N. The van der Waals surface area contributed by atoms with Crippen molar-refractivity contribution in [3.8, 4) is 0 Å². The summed E-state index contributed by atoms with van der Waals surface area (Å²) >= 11 is 0. The predicted octanol–water partition coefficient (Wildman–Crippen LogP) is 1.49. The summed E-state index contributed by atoms with van der Waals surface area (Å²) in [5.74, 6) is -0.0494. The topological polar surface area (TPSA) is 72.2 Å². The molecule has 1 aromatic rings. The van der Waals surface area contributed by atoms with Crippen molar-refractivity contribution in [2.75, 3.05) is 5.73 Å². The van der Waals surface area contributed by atoms with Crippen LogP contribution in [-0.2, 0) is 15.8 Å². The Kier molecular flexibility index (Phi) is 2.91. The van der Waals surface area contributed by atoms with Crippen LogP contribution in [-0.4, -0.2) is 14.5 Å². The second-order valence-electron chi connectivity index (χ2n) is 5.32. The molecule has 1 aliphatic rings. The molecule has 4 nitrogen and oxygen atoms in total. The molecule has 3 N–H and O–H groups in total. The highest BCUT2D eigenvalue weighted by atomic mass is 32.2. The molecule has 0 aliphatic heterocycles.